The van der Waals surface area contributed by atoms with Gasteiger partial charge in [-0.05, 0) is 17.7 Å². The lowest BCUT2D eigenvalue weighted by atomic mass is 10.1. The maximum atomic E-state index is 10.6. The lowest BCUT2D eigenvalue weighted by Gasteiger charge is -2.00. The van der Waals surface area contributed by atoms with Gasteiger partial charge < -0.3 is 4.74 Å². The molecule has 1 aromatic rings. The Morgan fingerprint density at radius 2 is 2.33 bits per heavy atom. The molecule has 62 valence electrons. The standard InChI is InChI=1S/C9H7BrO2/c10-7-1-2-8(9-5-12-9)6(3-7)4-11/h1-4,9H,5H2. The fourth-order valence-corrected chi connectivity index (χ4v) is 1.55. The molecular weight excluding hydrogens is 220 g/mol. The highest BCUT2D eigenvalue weighted by molar-refractivity contribution is 9.10. The lowest BCUT2D eigenvalue weighted by molar-refractivity contribution is 0.112. The van der Waals surface area contributed by atoms with Crippen LogP contribution in [-0.4, -0.2) is 12.9 Å². The predicted octanol–water partition coefficient (Wildman–Crippen LogP) is 2.33. The van der Waals surface area contributed by atoms with E-state index in [1.54, 1.807) is 0 Å². The number of halogens is 1. The van der Waals surface area contributed by atoms with E-state index in [0.29, 0.717) is 5.56 Å². The summed E-state index contributed by atoms with van der Waals surface area (Å²) in [5, 5.41) is 0. The van der Waals surface area contributed by atoms with Gasteiger partial charge in [0.1, 0.15) is 12.4 Å². The van der Waals surface area contributed by atoms with Crippen LogP contribution >= 0.6 is 15.9 Å². The Balaban J connectivity index is 2.44. The number of hydrogen-bond donors (Lipinski definition) is 0. The van der Waals surface area contributed by atoms with Crippen LogP contribution in [0.3, 0.4) is 0 Å². The highest BCUT2D eigenvalue weighted by Crippen LogP contribution is 2.32. The third kappa shape index (κ3) is 1.42. The minimum Gasteiger partial charge on any atom is -0.368 e. The van der Waals surface area contributed by atoms with Gasteiger partial charge in [0.2, 0.25) is 0 Å². The first-order valence-corrected chi connectivity index (χ1v) is 4.47. The Kier molecular flexibility index (Phi) is 1.98. The Morgan fingerprint density at radius 1 is 1.58 bits per heavy atom. The second-order valence-corrected chi connectivity index (χ2v) is 3.63. The van der Waals surface area contributed by atoms with Crippen LogP contribution in [0.5, 0.6) is 0 Å². The smallest absolute Gasteiger partial charge is 0.150 e. The number of epoxide rings is 1. The molecule has 3 heteroatoms. The molecule has 1 saturated heterocycles. The fourth-order valence-electron chi connectivity index (χ4n) is 1.17. The molecule has 1 fully saturated rings. The van der Waals surface area contributed by atoms with Gasteiger partial charge in [-0.1, -0.05) is 22.0 Å². The first-order valence-electron chi connectivity index (χ1n) is 3.67. The molecule has 0 aliphatic carbocycles. The molecule has 2 rings (SSSR count). The van der Waals surface area contributed by atoms with Crippen molar-refractivity contribution in [1.29, 1.82) is 0 Å². The number of aldehydes is 1. The van der Waals surface area contributed by atoms with Crippen LogP contribution in [0, 0.1) is 0 Å². The first kappa shape index (κ1) is 7.95. The number of rotatable bonds is 2. The van der Waals surface area contributed by atoms with Crippen LogP contribution < -0.4 is 0 Å². The van der Waals surface area contributed by atoms with Crippen molar-refractivity contribution in [2.24, 2.45) is 0 Å². The monoisotopic (exact) mass is 226 g/mol. The Hall–Kier alpha value is -0.670. The van der Waals surface area contributed by atoms with E-state index < -0.39 is 0 Å². The van der Waals surface area contributed by atoms with Gasteiger partial charge in [0.05, 0.1) is 6.61 Å². The van der Waals surface area contributed by atoms with E-state index in [1.807, 2.05) is 18.2 Å². The van der Waals surface area contributed by atoms with Crippen molar-refractivity contribution < 1.29 is 9.53 Å². The summed E-state index contributed by atoms with van der Waals surface area (Å²) in [5.74, 6) is 0. The maximum absolute atomic E-state index is 10.6. The Bertz CT molecular complexity index is 318. The molecular formula is C9H7BrO2. The zero-order valence-electron chi connectivity index (χ0n) is 6.29. The van der Waals surface area contributed by atoms with E-state index in [2.05, 4.69) is 15.9 Å². The third-order valence-corrected chi connectivity index (χ3v) is 2.35. The Labute approximate surface area is 78.7 Å². The van der Waals surface area contributed by atoms with E-state index >= 15 is 0 Å². The molecule has 1 aliphatic heterocycles. The van der Waals surface area contributed by atoms with Gasteiger partial charge in [-0.2, -0.15) is 0 Å². The van der Waals surface area contributed by atoms with Gasteiger partial charge in [0.15, 0.2) is 0 Å². The Morgan fingerprint density at radius 3 is 2.92 bits per heavy atom. The number of carbonyl (C=O) groups excluding carboxylic acids is 1. The molecule has 0 amide bonds. The summed E-state index contributed by atoms with van der Waals surface area (Å²) in [6, 6.07) is 5.65. The van der Waals surface area contributed by atoms with E-state index in [-0.39, 0.29) is 6.10 Å². The van der Waals surface area contributed by atoms with Crippen LogP contribution in [0.15, 0.2) is 22.7 Å². The minimum atomic E-state index is 0.151. The summed E-state index contributed by atoms with van der Waals surface area (Å²) < 4.78 is 6.03. The number of ether oxygens (including phenoxy) is 1. The summed E-state index contributed by atoms with van der Waals surface area (Å²) in [5.41, 5.74) is 1.71. The van der Waals surface area contributed by atoms with Crippen LogP contribution in [0.2, 0.25) is 0 Å². The second-order valence-electron chi connectivity index (χ2n) is 2.71. The molecule has 0 spiro atoms. The minimum absolute atomic E-state index is 0.151. The molecule has 2 nitrogen and oxygen atoms in total. The van der Waals surface area contributed by atoms with Crippen molar-refractivity contribution in [3.8, 4) is 0 Å². The van der Waals surface area contributed by atoms with E-state index in [0.717, 1.165) is 22.9 Å². The summed E-state index contributed by atoms with van der Waals surface area (Å²) >= 11 is 3.31. The zero-order valence-corrected chi connectivity index (χ0v) is 7.87. The molecule has 1 heterocycles. The van der Waals surface area contributed by atoms with Gasteiger partial charge in [-0.15, -0.1) is 0 Å². The quantitative estimate of drug-likeness (QED) is 0.573. The second kappa shape index (κ2) is 2.99. The molecule has 1 unspecified atom stereocenters. The van der Waals surface area contributed by atoms with Crippen LogP contribution in [0.4, 0.5) is 0 Å². The highest BCUT2D eigenvalue weighted by Gasteiger charge is 2.26. The average molecular weight is 227 g/mol. The van der Waals surface area contributed by atoms with E-state index in [9.17, 15) is 4.79 Å². The predicted molar refractivity (Wildman–Crippen MR) is 48.2 cm³/mol. The topological polar surface area (TPSA) is 29.6 Å². The van der Waals surface area contributed by atoms with Gasteiger partial charge in [0.25, 0.3) is 0 Å². The summed E-state index contributed by atoms with van der Waals surface area (Å²) in [6.45, 7) is 0.739. The summed E-state index contributed by atoms with van der Waals surface area (Å²) in [4.78, 5) is 10.6. The summed E-state index contributed by atoms with van der Waals surface area (Å²) in [7, 11) is 0. The van der Waals surface area contributed by atoms with Crippen molar-refractivity contribution in [3.63, 3.8) is 0 Å². The van der Waals surface area contributed by atoms with Gasteiger partial charge in [0, 0.05) is 10.0 Å². The van der Waals surface area contributed by atoms with E-state index in [4.69, 9.17) is 4.74 Å². The average Bonchev–Trinajstić information content (AvgIpc) is 2.87. The number of carbonyl (C=O) groups is 1. The largest absolute Gasteiger partial charge is 0.368 e. The van der Waals surface area contributed by atoms with Crippen LogP contribution in [0.1, 0.15) is 22.0 Å². The SMILES string of the molecule is O=Cc1cc(Br)ccc1C1CO1. The van der Waals surface area contributed by atoms with Crippen molar-refractivity contribution in [2.45, 2.75) is 6.10 Å². The molecule has 1 aromatic carbocycles. The van der Waals surface area contributed by atoms with Crippen molar-refractivity contribution in [3.05, 3.63) is 33.8 Å². The molecule has 1 atom stereocenters. The number of hydrogen-bond acceptors (Lipinski definition) is 2. The van der Waals surface area contributed by atoms with Gasteiger partial charge in [-0.3, -0.25) is 4.79 Å². The third-order valence-electron chi connectivity index (χ3n) is 1.86. The van der Waals surface area contributed by atoms with E-state index in [1.165, 1.54) is 0 Å². The molecule has 0 radical (unpaired) electrons. The first-order chi connectivity index (χ1) is 5.81. The summed E-state index contributed by atoms with van der Waals surface area (Å²) in [6.07, 6.45) is 1.01. The molecule has 0 bridgehead atoms. The van der Waals surface area contributed by atoms with Crippen LogP contribution in [0.25, 0.3) is 0 Å². The molecule has 1 aliphatic rings. The highest BCUT2D eigenvalue weighted by atomic mass is 79.9. The van der Waals surface area contributed by atoms with Gasteiger partial charge in [-0.25, -0.2) is 0 Å². The van der Waals surface area contributed by atoms with Crippen molar-refractivity contribution >= 4 is 22.2 Å². The molecule has 0 aromatic heterocycles. The van der Waals surface area contributed by atoms with Crippen LogP contribution in [-0.2, 0) is 4.74 Å². The molecule has 12 heavy (non-hydrogen) atoms. The fraction of sp³-hybridized carbons (Fsp3) is 0.222. The normalized spacial score (nSPS) is 20.6. The van der Waals surface area contributed by atoms with Crippen molar-refractivity contribution in [1.82, 2.24) is 0 Å². The van der Waals surface area contributed by atoms with Gasteiger partial charge >= 0.3 is 0 Å². The van der Waals surface area contributed by atoms with Crippen molar-refractivity contribution in [2.75, 3.05) is 6.61 Å². The number of benzene rings is 1. The molecule has 0 saturated carbocycles. The lowest BCUT2D eigenvalue weighted by Crippen LogP contribution is -1.90. The zero-order chi connectivity index (χ0) is 8.55. The molecule has 0 N–H and O–H groups in total. The maximum Gasteiger partial charge on any atom is 0.150 e.